The van der Waals surface area contributed by atoms with E-state index in [4.69, 9.17) is 4.74 Å². The highest BCUT2D eigenvalue weighted by molar-refractivity contribution is 5.32. The predicted molar refractivity (Wildman–Crippen MR) is 131 cm³/mol. The highest BCUT2D eigenvalue weighted by Gasteiger charge is 2.59. The van der Waals surface area contributed by atoms with E-state index in [0.717, 1.165) is 36.1 Å². The average molecular weight is 450 g/mol. The first-order valence-electron chi connectivity index (χ1n) is 14.0. The number of aromatic amines is 1. The SMILES string of the molecule is CC1=C2C[C@H]3[C@@H](CC[C@@H]4Cc5n[nH]cc5C[C@@]43C)C2CC[C@@]2(C1)O[C@@H]1C[C@H](C)CN[C@H]1[C@H]2C. The van der Waals surface area contributed by atoms with Gasteiger partial charge in [0.15, 0.2) is 0 Å². The number of hydrogen-bond acceptors (Lipinski definition) is 3. The standard InChI is InChI=1S/C29H43N3O/c1-16-9-26-27(30-14-16)18(3)29(33-26)8-7-21-22-6-5-20-10-25-19(15-31-32-25)13-28(20,4)24(22)11-23(21)17(2)12-29/h15-16,18,20-22,24,26-27,30H,5-14H2,1-4H3,(H,31,32)/t16-,18+,20+,21?,22-,24-,26+,27-,28-,29-/m0/s1. The summed E-state index contributed by atoms with van der Waals surface area (Å²) in [6.07, 6.45) is 14.3. The molecule has 0 amide bonds. The van der Waals surface area contributed by atoms with Crippen molar-refractivity contribution in [1.82, 2.24) is 15.5 Å². The fourth-order valence-electron chi connectivity index (χ4n) is 10.0. The number of fused-ring (bicyclic) bond motifs is 7. The third-order valence-electron chi connectivity index (χ3n) is 11.9. The molecule has 6 aliphatic rings. The molecule has 2 N–H and O–H groups in total. The van der Waals surface area contributed by atoms with Gasteiger partial charge in [-0.05, 0) is 112 Å². The smallest absolute Gasteiger partial charge is 0.0765 e. The highest BCUT2D eigenvalue weighted by atomic mass is 16.5. The zero-order valence-electron chi connectivity index (χ0n) is 21.1. The van der Waals surface area contributed by atoms with Crippen LogP contribution in [0.3, 0.4) is 0 Å². The summed E-state index contributed by atoms with van der Waals surface area (Å²) in [7, 11) is 0. The minimum absolute atomic E-state index is 0.0704. The Morgan fingerprint density at radius 1 is 1.12 bits per heavy atom. The quantitative estimate of drug-likeness (QED) is 0.518. The molecule has 180 valence electrons. The summed E-state index contributed by atoms with van der Waals surface area (Å²) in [6.45, 7) is 11.2. The van der Waals surface area contributed by atoms with Crippen molar-refractivity contribution in [2.45, 2.75) is 103 Å². The third-order valence-corrected chi connectivity index (χ3v) is 11.9. The molecule has 3 heterocycles. The van der Waals surface area contributed by atoms with Crippen LogP contribution in [0.4, 0.5) is 0 Å². The lowest BCUT2D eigenvalue weighted by molar-refractivity contribution is -0.0733. The van der Waals surface area contributed by atoms with Crippen molar-refractivity contribution >= 4 is 0 Å². The minimum atomic E-state index is 0.0704. The molecular formula is C29H43N3O. The number of allylic oxidation sites excluding steroid dienone is 1. The summed E-state index contributed by atoms with van der Waals surface area (Å²) < 4.78 is 7.06. The Hall–Kier alpha value is -1.13. The van der Waals surface area contributed by atoms with Crippen molar-refractivity contribution in [2.75, 3.05) is 6.54 Å². The van der Waals surface area contributed by atoms with E-state index >= 15 is 0 Å². The van der Waals surface area contributed by atoms with Crippen LogP contribution in [0.15, 0.2) is 17.3 Å². The van der Waals surface area contributed by atoms with Crippen molar-refractivity contribution in [1.29, 1.82) is 0 Å². The molecule has 4 heteroatoms. The molecule has 0 radical (unpaired) electrons. The molecule has 0 aromatic carbocycles. The summed E-state index contributed by atoms with van der Waals surface area (Å²) in [5.74, 6) is 4.72. The molecule has 7 rings (SSSR count). The van der Waals surface area contributed by atoms with Gasteiger partial charge in [-0.15, -0.1) is 0 Å². The second kappa shape index (κ2) is 7.20. The normalized spacial score (nSPS) is 50.9. The molecule has 10 atom stereocenters. The zero-order chi connectivity index (χ0) is 22.5. The van der Waals surface area contributed by atoms with E-state index in [1.165, 1.54) is 69.0 Å². The molecule has 2 saturated heterocycles. The second-order valence-corrected chi connectivity index (χ2v) is 13.4. The lowest BCUT2D eigenvalue weighted by atomic mass is 9.52. The number of nitrogens with zero attached hydrogens (tertiary/aromatic N) is 1. The van der Waals surface area contributed by atoms with Crippen LogP contribution in [0.5, 0.6) is 0 Å². The molecule has 33 heavy (non-hydrogen) atoms. The molecular weight excluding hydrogens is 406 g/mol. The van der Waals surface area contributed by atoms with Gasteiger partial charge in [-0.2, -0.15) is 5.10 Å². The molecule has 0 bridgehead atoms. The summed E-state index contributed by atoms with van der Waals surface area (Å²) in [6, 6.07) is 0.561. The summed E-state index contributed by atoms with van der Waals surface area (Å²) in [5, 5.41) is 11.6. The van der Waals surface area contributed by atoms with Crippen molar-refractivity contribution < 1.29 is 4.74 Å². The van der Waals surface area contributed by atoms with E-state index in [-0.39, 0.29) is 5.60 Å². The molecule has 4 aliphatic carbocycles. The Labute approximate surface area is 199 Å². The minimum Gasteiger partial charge on any atom is -0.369 e. The van der Waals surface area contributed by atoms with E-state index in [1.807, 2.05) is 5.57 Å². The number of rotatable bonds is 0. The molecule has 4 nitrogen and oxygen atoms in total. The Morgan fingerprint density at radius 3 is 2.88 bits per heavy atom. The van der Waals surface area contributed by atoms with Gasteiger partial charge in [-0.25, -0.2) is 0 Å². The Balaban J connectivity index is 1.19. The maximum Gasteiger partial charge on any atom is 0.0765 e. The first kappa shape index (κ1) is 21.2. The topological polar surface area (TPSA) is 49.9 Å². The van der Waals surface area contributed by atoms with Crippen LogP contribution in [-0.2, 0) is 17.6 Å². The Kier molecular flexibility index (Phi) is 4.62. The number of H-pyrrole nitrogens is 1. The summed E-state index contributed by atoms with van der Waals surface area (Å²) >= 11 is 0. The van der Waals surface area contributed by atoms with Crippen molar-refractivity contribution in [2.24, 2.45) is 40.9 Å². The fraction of sp³-hybridized carbons (Fsp3) is 0.828. The van der Waals surface area contributed by atoms with Crippen LogP contribution in [0.25, 0.3) is 0 Å². The van der Waals surface area contributed by atoms with Gasteiger partial charge < -0.3 is 10.1 Å². The van der Waals surface area contributed by atoms with Gasteiger partial charge in [0.25, 0.3) is 0 Å². The van der Waals surface area contributed by atoms with Crippen LogP contribution >= 0.6 is 0 Å². The van der Waals surface area contributed by atoms with Crippen molar-refractivity contribution in [3.8, 4) is 0 Å². The maximum absolute atomic E-state index is 7.06. The second-order valence-electron chi connectivity index (χ2n) is 13.4. The van der Waals surface area contributed by atoms with E-state index in [9.17, 15) is 0 Å². The molecule has 2 aliphatic heterocycles. The largest absolute Gasteiger partial charge is 0.369 e. The number of aromatic nitrogens is 2. The van der Waals surface area contributed by atoms with E-state index in [2.05, 4.69) is 49.4 Å². The monoisotopic (exact) mass is 449 g/mol. The number of nitrogens with one attached hydrogen (secondary N) is 2. The first-order valence-corrected chi connectivity index (χ1v) is 14.0. The summed E-state index contributed by atoms with van der Waals surface area (Å²) in [4.78, 5) is 0. The average Bonchev–Trinajstić information content (AvgIpc) is 3.43. The molecule has 1 spiro atoms. The lowest BCUT2D eigenvalue weighted by Gasteiger charge is -2.52. The van der Waals surface area contributed by atoms with Gasteiger partial charge in [-0.1, -0.05) is 31.9 Å². The molecule has 1 aromatic rings. The molecule has 1 unspecified atom stereocenters. The maximum atomic E-state index is 7.06. The number of hydrogen-bond donors (Lipinski definition) is 2. The van der Waals surface area contributed by atoms with Crippen molar-refractivity contribution in [3.05, 3.63) is 28.6 Å². The van der Waals surface area contributed by atoms with Gasteiger partial charge >= 0.3 is 0 Å². The van der Waals surface area contributed by atoms with Crippen LogP contribution < -0.4 is 5.32 Å². The molecule has 1 aromatic heterocycles. The van der Waals surface area contributed by atoms with Gasteiger partial charge in [0, 0.05) is 18.2 Å². The molecule has 2 saturated carbocycles. The zero-order valence-corrected chi connectivity index (χ0v) is 21.1. The van der Waals surface area contributed by atoms with Gasteiger partial charge in [0.05, 0.1) is 17.4 Å². The van der Waals surface area contributed by atoms with Gasteiger partial charge in [0.2, 0.25) is 0 Å². The van der Waals surface area contributed by atoms with Crippen LogP contribution in [0.1, 0.15) is 83.9 Å². The fourth-order valence-corrected chi connectivity index (χ4v) is 10.0. The third kappa shape index (κ3) is 2.92. The van der Waals surface area contributed by atoms with Crippen LogP contribution in [-0.4, -0.2) is 34.5 Å². The van der Waals surface area contributed by atoms with E-state index in [0.29, 0.717) is 23.5 Å². The number of piperidine rings is 1. The number of ether oxygens (including phenoxy) is 1. The predicted octanol–water partition coefficient (Wildman–Crippen LogP) is 5.45. The van der Waals surface area contributed by atoms with E-state index < -0.39 is 0 Å². The molecule has 4 fully saturated rings. The Bertz CT molecular complexity index is 981. The van der Waals surface area contributed by atoms with E-state index in [1.54, 1.807) is 5.57 Å². The Morgan fingerprint density at radius 2 is 2.00 bits per heavy atom. The highest BCUT2D eigenvalue weighted by Crippen LogP contribution is 2.64. The van der Waals surface area contributed by atoms with Gasteiger partial charge in [0.1, 0.15) is 0 Å². The van der Waals surface area contributed by atoms with Gasteiger partial charge in [-0.3, -0.25) is 5.10 Å². The summed E-state index contributed by atoms with van der Waals surface area (Å²) in [5.41, 5.74) is 6.93. The lowest BCUT2D eigenvalue weighted by Crippen LogP contribution is -2.48. The first-order chi connectivity index (χ1) is 15.9. The van der Waals surface area contributed by atoms with Crippen molar-refractivity contribution in [3.63, 3.8) is 0 Å². The van der Waals surface area contributed by atoms with Crippen LogP contribution in [0, 0.1) is 40.9 Å². The van der Waals surface area contributed by atoms with Crippen LogP contribution in [0.2, 0.25) is 0 Å².